The summed E-state index contributed by atoms with van der Waals surface area (Å²) in [5.41, 5.74) is 1.83. The Balaban J connectivity index is 1.59. The topological polar surface area (TPSA) is 98.5 Å². The van der Waals surface area contributed by atoms with Crippen molar-refractivity contribution in [2.24, 2.45) is 5.92 Å². The molecule has 3 aromatic rings. The van der Waals surface area contributed by atoms with Crippen LogP contribution in [-0.4, -0.2) is 38.8 Å². The Morgan fingerprint density at radius 1 is 1.19 bits per heavy atom. The van der Waals surface area contributed by atoms with E-state index in [1.54, 1.807) is 30.3 Å². The molecule has 2 aromatic carbocycles. The van der Waals surface area contributed by atoms with Crippen LogP contribution >= 0.6 is 11.6 Å². The summed E-state index contributed by atoms with van der Waals surface area (Å²) in [6.07, 6.45) is 3.55. The third kappa shape index (κ3) is 5.26. The molecule has 0 saturated carbocycles. The number of rotatable bonds is 6. The number of anilines is 1. The number of carbonyl (C=O) groups is 1. The summed E-state index contributed by atoms with van der Waals surface area (Å²) in [6, 6.07) is 11.6. The smallest absolute Gasteiger partial charge is 0.302 e. The van der Waals surface area contributed by atoms with Gasteiger partial charge in [-0.1, -0.05) is 23.7 Å². The number of amides is 1. The fourth-order valence-electron chi connectivity index (χ4n) is 3.80. The third-order valence-electron chi connectivity index (χ3n) is 5.52. The Labute approximate surface area is 185 Å². The molecule has 164 valence electrons. The van der Waals surface area contributed by atoms with Crippen LogP contribution in [-0.2, 0) is 19.4 Å². The SMILES string of the molecule is CS(=O)(=O)c1ccc(C(CC2CCOCC2)C(=O)Nc2nc3cc(Cl)ccc3o2)cc1. The average Bonchev–Trinajstić information content (AvgIpc) is 3.13. The molecular weight excluding hydrogens is 440 g/mol. The van der Waals surface area contributed by atoms with Gasteiger partial charge in [-0.3, -0.25) is 10.1 Å². The van der Waals surface area contributed by atoms with Gasteiger partial charge >= 0.3 is 6.01 Å². The molecule has 0 radical (unpaired) electrons. The van der Waals surface area contributed by atoms with Crippen LogP contribution in [0.5, 0.6) is 0 Å². The van der Waals surface area contributed by atoms with Crippen LogP contribution < -0.4 is 5.32 Å². The van der Waals surface area contributed by atoms with E-state index < -0.39 is 15.8 Å². The van der Waals surface area contributed by atoms with Crippen molar-refractivity contribution < 1.29 is 22.4 Å². The minimum atomic E-state index is -3.31. The van der Waals surface area contributed by atoms with Crippen LogP contribution in [0.4, 0.5) is 6.01 Å². The normalized spacial score (nSPS) is 16.3. The molecule has 4 rings (SSSR count). The number of hydrogen-bond donors (Lipinski definition) is 1. The highest BCUT2D eigenvalue weighted by molar-refractivity contribution is 7.90. The highest BCUT2D eigenvalue weighted by atomic mass is 35.5. The fraction of sp³-hybridized carbons (Fsp3) is 0.364. The molecule has 1 fully saturated rings. The zero-order valence-corrected chi connectivity index (χ0v) is 18.6. The van der Waals surface area contributed by atoms with Crippen LogP contribution in [0.1, 0.15) is 30.7 Å². The lowest BCUT2D eigenvalue weighted by atomic mass is 9.84. The number of oxazole rings is 1. The van der Waals surface area contributed by atoms with Crippen molar-refractivity contribution >= 4 is 44.5 Å². The van der Waals surface area contributed by atoms with Crippen LogP contribution in [0.2, 0.25) is 5.02 Å². The van der Waals surface area contributed by atoms with E-state index in [-0.39, 0.29) is 16.8 Å². The first-order valence-corrected chi connectivity index (χ1v) is 12.3. The molecule has 7 nitrogen and oxygen atoms in total. The van der Waals surface area contributed by atoms with Crippen LogP contribution in [0, 0.1) is 5.92 Å². The second kappa shape index (κ2) is 8.98. The lowest BCUT2D eigenvalue weighted by molar-refractivity contribution is -0.118. The van der Waals surface area contributed by atoms with E-state index in [1.165, 1.54) is 12.1 Å². The fourth-order valence-corrected chi connectivity index (χ4v) is 4.60. The van der Waals surface area contributed by atoms with E-state index >= 15 is 0 Å². The van der Waals surface area contributed by atoms with Gasteiger partial charge in [0.15, 0.2) is 15.4 Å². The first-order chi connectivity index (χ1) is 14.8. The predicted octanol–water partition coefficient (Wildman–Crippen LogP) is 4.42. The number of halogens is 1. The van der Waals surface area contributed by atoms with Crippen molar-refractivity contribution in [2.75, 3.05) is 24.8 Å². The molecule has 1 aromatic heterocycles. The van der Waals surface area contributed by atoms with Gasteiger partial charge in [-0.15, -0.1) is 0 Å². The van der Waals surface area contributed by atoms with E-state index in [1.807, 2.05) is 0 Å². The Morgan fingerprint density at radius 2 is 1.90 bits per heavy atom. The first-order valence-electron chi connectivity index (χ1n) is 10.0. The lowest BCUT2D eigenvalue weighted by Crippen LogP contribution is -2.26. The predicted molar refractivity (Wildman–Crippen MR) is 118 cm³/mol. The molecule has 0 spiro atoms. The molecule has 1 amide bonds. The molecule has 0 bridgehead atoms. The Morgan fingerprint density at radius 3 is 2.58 bits per heavy atom. The van der Waals surface area contributed by atoms with Crippen molar-refractivity contribution in [1.82, 2.24) is 4.98 Å². The number of carbonyl (C=O) groups excluding carboxylic acids is 1. The standard InChI is InChI=1S/C22H23ClN2O5S/c1-31(27,28)17-5-2-15(3-6-17)18(12-14-8-10-29-11-9-14)21(26)25-22-24-19-13-16(23)4-7-20(19)30-22/h2-7,13-14,18H,8-12H2,1H3,(H,24,25,26). The quantitative estimate of drug-likeness (QED) is 0.582. The van der Waals surface area contributed by atoms with Gasteiger partial charge in [0.2, 0.25) is 5.91 Å². The highest BCUT2D eigenvalue weighted by Crippen LogP contribution is 2.32. The Bertz CT molecular complexity index is 1180. The van der Waals surface area contributed by atoms with Crippen molar-refractivity contribution in [1.29, 1.82) is 0 Å². The monoisotopic (exact) mass is 462 g/mol. The summed E-state index contributed by atoms with van der Waals surface area (Å²) >= 11 is 6.00. The Kier molecular flexibility index (Phi) is 6.31. The van der Waals surface area contributed by atoms with Gasteiger partial charge in [0.1, 0.15) is 5.52 Å². The van der Waals surface area contributed by atoms with Gasteiger partial charge in [0.25, 0.3) is 0 Å². The summed E-state index contributed by atoms with van der Waals surface area (Å²) in [5.74, 6) is -0.395. The molecule has 1 N–H and O–H groups in total. The summed E-state index contributed by atoms with van der Waals surface area (Å²) in [4.78, 5) is 17.7. The zero-order valence-electron chi connectivity index (χ0n) is 17.0. The van der Waals surface area contributed by atoms with Crippen LogP contribution in [0.25, 0.3) is 11.1 Å². The van der Waals surface area contributed by atoms with Gasteiger partial charge in [-0.05, 0) is 61.1 Å². The number of nitrogens with one attached hydrogen (secondary N) is 1. The maximum atomic E-state index is 13.2. The van der Waals surface area contributed by atoms with E-state index in [0.29, 0.717) is 41.7 Å². The molecule has 1 saturated heterocycles. The van der Waals surface area contributed by atoms with Gasteiger partial charge in [0.05, 0.1) is 10.8 Å². The summed E-state index contributed by atoms with van der Waals surface area (Å²) < 4.78 is 34.7. The minimum Gasteiger partial charge on any atom is -0.423 e. The maximum absolute atomic E-state index is 13.2. The molecule has 1 aliphatic rings. The number of nitrogens with zero attached hydrogens (tertiary/aromatic N) is 1. The van der Waals surface area contributed by atoms with E-state index in [4.69, 9.17) is 20.8 Å². The van der Waals surface area contributed by atoms with Crippen molar-refractivity contribution in [3.05, 3.63) is 53.1 Å². The molecule has 31 heavy (non-hydrogen) atoms. The molecule has 1 aliphatic heterocycles. The molecule has 0 aliphatic carbocycles. The second-order valence-electron chi connectivity index (χ2n) is 7.81. The number of benzene rings is 2. The van der Waals surface area contributed by atoms with Crippen molar-refractivity contribution in [3.63, 3.8) is 0 Å². The number of sulfone groups is 1. The molecule has 1 unspecified atom stereocenters. The Hall–Kier alpha value is -2.42. The number of fused-ring (bicyclic) bond motifs is 1. The van der Waals surface area contributed by atoms with Gasteiger partial charge in [-0.25, -0.2) is 8.42 Å². The molecule has 9 heteroatoms. The minimum absolute atomic E-state index is 0.104. The number of ether oxygens (including phenoxy) is 1. The zero-order chi connectivity index (χ0) is 22.0. The maximum Gasteiger partial charge on any atom is 0.302 e. The summed E-state index contributed by atoms with van der Waals surface area (Å²) in [7, 11) is -3.31. The number of aromatic nitrogens is 1. The largest absolute Gasteiger partial charge is 0.423 e. The van der Waals surface area contributed by atoms with Crippen molar-refractivity contribution in [2.45, 2.75) is 30.1 Å². The average molecular weight is 463 g/mol. The first kappa shape index (κ1) is 21.8. The molecule has 1 atom stereocenters. The highest BCUT2D eigenvalue weighted by Gasteiger charge is 2.27. The van der Waals surface area contributed by atoms with Gasteiger partial charge in [0, 0.05) is 24.5 Å². The van der Waals surface area contributed by atoms with Crippen molar-refractivity contribution in [3.8, 4) is 0 Å². The summed E-state index contributed by atoms with van der Waals surface area (Å²) in [6.45, 7) is 1.36. The van der Waals surface area contributed by atoms with Crippen LogP contribution in [0.3, 0.4) is 0 Å². The van der Waals surface area contributed by atoms with Gasteiger partial charge < -0.3 is 9.15 Å². The van der Waals surface area contributed by atoms with E-state index in [0.717, 1.165) is 24.7 Å². The molecular formula is C22H23ClN2O5S. The van der Waals surface area contributed by atoms with E-state index in [9.17, 15) is 13.2 Å². The van der Waals surface area contributed by atoms with E-state index in [2.05, 4.69) is 10.3 Å². The second-order valence-corrected chi connectivity index (χ2v) is 10.3. The number of hydrogen-bond acceptors (Lipinski definition) is 6. The van der Waals surface area contributed by atoms with Crippen LogP contribution in [0.15, 0.2) is 51.8 Å². The summed E-state index contributed by atoms with van der Waals surface area (Å²) in [5, 5.41) is 3.30. The lowest BCUT2D eigenvalue weighted by Gasteiger charge is -2.26. The van der Waals surface area contributed by atoms with Gasteiger partial charge in [-0.2, -0.15) is 4.98 Å². The third-order valence-corrected chi connectivity index (χ3v) is 6.88. The molecule has 2 heterocycles.